The van der Waals surface area contributed by atoms with E-state index in [4.69, 9.17) is 5.11 Å². The lowest BCUT2D eigenvalue weighted by molar-refractivity contribution is -0.133. The number of carboxylic acid groups (broad SMARTS) is 1. The molecule has 114 valence electrons. The monoisotopic (exact) mass is 324 g/mol. The molecule has 0 aliphatic carbocycles. The molecule has 0 fully saturated rings. The Hall–Kier alpha value is -1.27. The van der Waals surface area contributed by atoms with Crippen molar-refractivity contribution in [3.05, 3.63) is 34.3 Å². The van der Waals surface area contributed by atoms with Gasteiger partial charge in [0.25, 0.3) is 0 Å². The second-order valence-electron chi connectivity index (χ2n) is 5.31. The number of aromatic nitrogens is 2. The number of hydrogen-bond acceptors (Lipinski definition) is 4. The Morgan fingerprint density at radius 1 is 1.48 bits per heavy atom. The molecule has 21 heavy (non-hydrogen) atoms. The SMILES string of the molecule is CC(C)c1cnc(SCC(=O)O)n1C(C)Cc1cccs1. The van der Waals surface area contributed by atoms with Gasteiger partial charge in [0.2, 0.25) is 0 Å². The molecule has 1 atom stereocenters. The first-order chi connectivity index (χ1) is 9.99. The zero-order chi connectivity index (χ0) is 15.4. The average molecular weight is 324 g/mol. The fraction of sp³-hybridized carbons (Fsp3) is 0.467. The lowest BCUT2D eigenvalue weighted by Crippen LogP contribution is -2.14. The quantitative estimate of drug-likeness (QED) is 0.781. The summed E-state index contributed by atoms with van der Waals surface area (Å²) in [5.74, 6) is -0.408. The minimum Gasteiger partial charge on any atom is -0.481 e. The van der Waals surface area contributed by atoms with E-state index in [9.17, 15) is 4.79 Å². The molecule has 6 heteroatoms. The summed E-state index contributed by atoms with van der Waals surface area (Å²) < 4.78 is 2.19. The maximum absolute atomic E-state index is 10.8. The molecule has 0 bridgehead atoms. The molecule has 0 aromatic carbocycles. The number of hydrogen-bond donors (Lipinski definition) is 1. The van der Waals surface area contributed by atoms with E-state index in [0.29, 0.717) is 5.92 Å². The molecular weight excluding hydrogens is 304 g/mol. The maximum atomic E-state index is 10.8. The second-order valence-corrected chi connectivity index (χ2v) is 7.28. The normalized spacial score (nSPS) is 12.8. The number of imidazole rings is 1. The van der Waals surface area contributed by atoms with Crippen LogP contribution in [0.15, 0.2) is 28.9 Å². The molecule has 0 radical (unpaired) electrons. The highest BCUT2D eigenvalue weighted by Gasteiger charge is 2.19. The van der Waals surface area contributed by atoms with Crippen molar-refractivity contribution in [3.8, 4) is 0 Å². The highest BCUT2D eigenvalue weighted by Crippen LogP contribution is 2.29. The van der Waals surface area contributed by atoms with Crippen molar-refractivity contribution in [2.75, 3.05) is 5.75 Å². The van der Waals surface area contributed by atoms with Gasteiger partial charge in [-0.05, 0) is 24.3 Å². The summed E-state index contributed by atoms with van der Waals surface area (Å²) in [7, 11) is 0. The third kappa shape index (κ3) is 4.11. The van der Waals surface area contributed by atoms with Crippen molar-refractivity contribution in [2.45, 2.75) is 44.3 Å². The molecule has 0 amide bonds. The van der Waals surface area contributed by atoms with Crippen molar-refractivity contribution in [1.82, 2.24) is 9.55 Å². The predicted octanol–water partition coefficient (Wildman–Crippen LogP) is 4.05. The van der Waals surface area contributed by atoms with Crippen LogP contribution in [-0.4, -0.2) is 26.4 Å². The van der Waals surface area contributed by atoms with Gasteiger partial charge in [0.1, 0.15) is 0 Å². The van der Waals surface area contributed by atoms with E-state index in [1.54, 1.807) is 11.3 Å². The number of carbonyl (C=O) groups is 1. The molecule has 2 aromatic rings. The van der Waals surface area contributed by atoms with Crippen molar-refractivity contribution >= 4 is 29.1 Å². The Morgan fingerprint density at radius 2 is 2.24 bits per heavy atom. The van der Waals surface area contributed by atoms with Gasteiger partial charge in [0.15, 0.2) is 5.16 Å². The maximum Gasteiger partial charge on any atom is 0.313 e. The van der Waals surface area contributed by atoms with E-state index in [1.165, 1.54) is 16.6 Å². The Morgan fingerprint density at radius 3 is 2.81 bits per heavy atom. The Labute approximate surface area is 133 Å². The van der Waals surface area contributed by atoms with Gasteiger partial charge in [-0.2, -0.15) is 0 Å². The van der Waals surface area contributed by atoms with Gasteiger partial charge in [0.05, 0.1) is 5.75 Å². The van der Waals surface area contributed by atoms with Gasteiger partial charge in [0, 0.05) is 29.2 Å². The molecule has 2 aromatic heterocycles. The first-order valence-corrected chi connectivity index (χ1v) is 8.79. The van der Waals surface area contributed by atoms with Crippen LogP contribution in [0.1, 0.15) is 43.3 Å². The molecular formula is C15H20N2O2S2. The Balaban J connectivity index is 2.24. The number of nitrogens with zero attached hydrogens (tertiary/aromatic N) is 2. The highest BCUT2D eigenvalue weighted by atomic mass is 32.2. The minimum atomic E-state index is -0.813. The predicted molar refractivity (Wildman–Crippen MR) is 87.4 cm³/mol. The standard InChI is InChI=1S/C15H20N2O2S2/c1-10(2)13-8-16-15(21-9-14(18)19)17(13)11(3)7-12-5-4-6-20-12/h4-6,8,10-11H,7,9H2,1-3H3,(H,18,19). The molecule has 0 aliphatic rings. The van der Waals surface area contributed by atoms with Gasteiger partial charge in [-0.1, -0.05) is 31.7 Å². The van der Waals surface area contributed by atoms with Crippen LogP contribution in [0.2, 0.25) is 0 Å². The van der Waals surface area contributed by atoms with Gasteiger partial charge in [-0.25, -0.2) is 4.98 Å². The van der Waals surface area contributed by atoms with E-state index in [0.717, 1.165) is 17.3 Å². The number of aliphatic carboxylic acids is 1. The summed E-state index contributed by atoms with van der Waals surface area (Å²) in [6.45, 7) is 6.44. The van der Waals surface area contributed by atoms with Crippen molar-refractivity contribution < 1.29 is 9.90 Å². The van der Waals surface area contributed by atoms with Crippen LogP contribution in [0, 0.1) is 0 Å². The lowest BCUT2D eigenvalue weighted by Gasteiger charge is -2.20. The topological polar surface area (TPSA) is 55.1 Å². The molecule has 2 rings (SSSR count). The zero-order valence-electron chi connectivity index (χ0n) is 12.4. The minimum absolute atomic E-state index is 0.0419. The molecule has 0 saturated carbocycles. The van der Waals surface area contributed by atoms with Gasteiger partial charge in [-0.15, -0.1) is 11.3 Å². The van der Waals surface area contributed by atoms with Gasteiger partial charge < -0.3 is 9.67 Å². The molecule has 0 spiro atoms. The summed E-state index contributed by atoms with van der Waals surface area (Å²) in [4.78, 5) is 16.6. The summed E-state index contributed by atoms with van der Waals surface area (Å²) in [6, 6.07) is 4.46. The van der Waals surface area contributed by atoms with Crippen LogP contribution in [0.25, 0.3) is 0 Å². The van der Waals surface area contributed by atoms with E-state index < -0.39 is 5.97 Å². The fourth-order valence-corrected chi connectivity index (χ4v) is 3.90. The Kier molecular flexibility index (Phi) is 5.47. The first kappa shape index (κ1) is 16.1. The smallest absolute Gasteiger partial charge is 0.313 e. The van der Waals surface area contributed by atoms with Crippen molar-refractivity contribution in [2.24, 2.45) is 0 Å². The van der Waals surface area contributed by atoms with Crippen LogP contribution < -0.4 is 0 Å². The number of rotatable bonds is 7. The van der Waals surface area contributed by atoms with Crippen LogP contribution in [0.5, 0.6) is 0 Å². The van der Waals surface area contributed by atoms with Crippen molar-refractivity contribution in [3.63, 3.8) is 0 Å². The summed E-state index contributed by atoms with van der Waals surface area (Å²) in [5.41, 5.74) is 1.16. The summed E-state index contributed by atoms with van der Waals surface area (Å²) >= 11 is 3.04. The largest absolute Gasteiger partial charge is 0.481 e. The zero-order valence-corrected chi connectivity index (χ0v) is 14.1. The highest BCUT2D eigenvalue weighted by molar-refractivity contribution is 7.99. The van der Waals surface area contributed by atoms with Gasteiger partial charge >= 0.3 is 5.97 Å². The average Bonchev–Trinajstić information content (AvgIpc) is 3.04. The summed E-state index contributed by atoms with van der Waals surface area (Å²) in [6.07, 6.45) is 2.81. The fourth-order valence-electron chi connectivity index (χ4n) is 2.27. The third-order valence-corrected chi connectivity index (χ3v) is 5.08. The van der Waals surface area contributed by atoms with Crippen LogP contribution in [-0.2, 0) is 11.2 Å². The van der Waals surface area contributed by atoms with Crippen LogP contribution >= 0.6 is 23.1 Å². The number of thiophene rings is 1. The molecule has 4 nitrogen and oxygen atoms in total. The Bertz CT molecular complexity index is 591. The number of carboxylic acids is 1. The van der Waals surface area contributed by atoms with Crippen molar-refractivity contribution in [1.29, 1.82) is 0 Å². The van der Waals surface area contributed by atoms with E-state index in [2.05, 4.69) is 47.8 Å². The third-order valence-electron chi connectivity index (χ3n) is 3.23. The van der Waals surface area contributed by atoms with Crippen LogP contribution in [0.3, 0.4) is 0 Å². The molecule has 0 saturated heterocycles. The van der Waals surface area contributed by atoms with Crippen LogP contribution in [0.4, 0.5) is 0 Å². The first-order valence-electron chi connectivity index (χ1n) is 6.93. The molecule has 1 N–H and O–H groups in total. The van der Waals surface area contributed by atoms with Gasteiger partial charge in [-0.3, -0.25) is 4.79 Å². The molecule has 0 aliphatic heterocycles. The van der Waals surface area contributed by atoms with E-state index in [1.807, 2.05) is 6.20 Å². The second kappa shape index (κ2) is 7.13. The number of thioether (sulfide) groups is 1. The summed E-state index contributed by atoms with van der Waals surface area (Å²) in [5, 5.41) is 11.8. The molecule has 1 unspecified atom stereocenters. The van der Waals surface area contributed by atoms with E-state index in [-0.39, 0.29) is 11.8 Å². The lowest BCUT2D eigenvalue weighted by atomic mass is 10.1. The van der Waals surface area contributed by atoms with E-state index >= 15 is 0 Å². The molecule has 2 heterocycles.